The topological polar surface area (TPSA) is 55.6 Å². The molecular weight excluding hydrogens is 240 g/mol. The monoisotopic (exact) mass is 258 g/mol. The molecule has 1 aliphatic carbocycles. The van der Waals surface area contributed by atoms with Crippen LogP contribution in [0, 0.1) is 5.92 Å². The van der Waals surface area contributed by atoms with E-state index >= 15 is 0 Å². The standard InChI is InChI=1S/C15H18N2O2/c16-12-11-6-8-19-14(11)13(12)17-7-5-9-3-1-2-4-10(9)15(17)18/h1-4,11-14H,5-8,16H2. The van der Waals surface area contributed by atoms with E-state index in [0.717, 1.165) is 37.1 Å². The van der Waals surface area contributed by atoms with Gasteiger partial charge in [-0.25, -0.2) is 0 Å². The number of nitrogens with zero attached hydrogens (tertiary/aromatic N) is 1. The third-order valence-corrected chi connectivity index (χ3v) is 4.90. The maximum Gasteiger partial charge on any atom is 0.254 e. The number of hydrogen-bond acceptors (Lipinski definition) is 3. The largest absolute Gasteiger partial charge is 0.376 e. The fraction of sp³-hybridized carbons (Fsp3) is 0.533. The van der Waals surface area contributed by atoms with E-state index in [1.54, 1.807) is 0 Å². The minimum Gasteiger partial charge on any atom is -0.376 e. The van der Waals surface area contributed by atoms with Gasteiger partial charge in [0, 0.05) is 30.7 Å². The van der Waals surface area contributed by atoms with Crippen molar-refractivity contribution in [3.8, 4) is 0 Å². The molecule has 2 aliphatic heterocycles. The number of benzene rings is 1. The molecule has 1 saturated carbocycles. The van der Waals surface area contributed by atoms with Gasteiger partial charge in [-0.1, -0.05) is 18.2 Å². The van der Waals surface area contributed by atoms with E-state index in [4.69, 9.17) is 10.5 Å². The molecule has 100 valence electrons. The van der Waals surface area contributed by atoms with Gasteiger partial charge in [0.1, 0.15) is 0 Å². The summed E-state index contributed by atoms with van der Waals surface area (Å²) in [5, 5.41) is 0. The average molecular weight is 258 g/mol. The molecule has 2 fully saturated rings. The van der Waals surface area contributed by atoms with Crippen molar-refractivity contribution >= 4 is 5.91 Å². The van der Waals surface area contributed by atoms with Crippen LogP contribution in [0.3, 0.4) is 0 Å². The van der Waals surface area contributed by atoms with Crippen molar-refractivity contribution in [3.63, 3.8) is 0 Å². The summed E-state index contributed by atoms with van der Waals surface area (Å²) in [6, 6.07) is 8.04. The molecule has 1 amide bonds. The lowest BCUT2D eigenvalue weighted by Crippen LogP contribution is -2.70. The first kappa shape index (κ1) is 11.4. The molecule has 1 aromatic carbocycles. The van der Waals surface area contributed by atoms with Crippen LogP contribution in [0.5, 0.6) is 0 Å². The summed E-state index contributed by atoms with van der Waals surface area (Å²) in [6.07, 6.45) is 2.13. The molecule has 2 heterocycles. The predicted molar refractivity (Wildman–Crippen MR) is 70.8 cm³/mol. The van der Waals surface area contributed by atoms with Crippen LogP contribution in [0.1, 0.15) is 22.3 Å². The molecule has 0 bridgehead atoms. The Morgan fingerprint density at radius 3 is 3.05 bits per heavy atom. The van der Waals surface area contributed by atoms with E-state index in [1.807, 2.05) is 29.2 Å². The van der Waals surface area contributed by atoms with Gasteiger partial charge in [-0.3, -0.25) is 4.79 Å². The second-order valence-corrected chi connectivity index (χ2v) is 5.76. The molecule has 0 radical (unpaired) electrons. The van der Waals surface area contributed by atoms with Crippen molar-refractivity contribution < 1.29 is 9.53 Å². The van der Waals surface area contributed by atoms with Crippen LogP contribution in [0.4, 0.5) is 0 Å². The molecule has 3 aliphatic rings. The lowest BCUT2D eigenvalue weighted by molar-refractivity contribution is -0.0637. The number of fused-ring (bicyclic) bond motifs is 2. The van der Waals surface area contributed by atoms with Gasteiger partial charge in [-0.2, -0.15) is 0 Å². The number of rotatable bonds is 1. The van der Waals surface area contributed by atoms with E-state index in [0.29, 0.717) is 5.92 Å². The Morgan fingerprint density at radius 1 is 1.32 bits per heavy atom. The molecule has 4 unspecified atom stereocenters. The Hall–Kier alpha value is -1.39. The number of ether oxygens (including phenoxy) is 1. The average Bonchev–Trinajstić information content (AvgIpc) is 2.86. The van der Waals surface area contributed by atoms with Crippen molar-refractivity contribution in [1.29, 1.82) is 0 Å². The van der Waals surface area contributed by atoms with Crippen molar-refractivity contribution in [1.82, 2.24) is 4.90 Å². The number of hydrogen-bond donors (Lipinski definition) is 1. The quantitative estimate of drug-likeness (QED) is 0.810. The Kier molecular flexibility index (Phi) is 2.44. The van der Waals surface area contributed by atoms with Crippen LogP contribution in [-0.2, 0) is 11.2 Å². The molecular formula is C15H18N2O2. The number of nitrogens with two attached hydrogens (primary N) is 1. The normalized spacial score (nSPS) is 36.7. The van der Waals surface area contributed by atoms with Crippen LogP contribution in [0.15, 0.2) is 24.3 Å². The summed E-state index contributed by atoms with van der Waals surface area (Å²) in [7, 11) is 0. The highest BCUT2D eigenvalue weighted by Crippen LogP contribution is 2.41. The van der Waals surface area contributed by atoms with Gasteiger partial charge >= 0.3 is 0 Å². The van der Waals surface area contributed by atoms with E-state index in [9.17, 15) is 4.79 Å². The van der Waals surface area contributed by atoms with Crippen LogP contribution in [0.2, 0.25) is 0 Å². The minimum absolute atomic E-state index is 0.0772. The maximum atomic E-state index is 12.6. The zero-order valence-electron chi connectivity index (χ0n) is 10.8. The molecule has 19 heavy (non-hydrogen) atoms. The molecule has 4 heteroatoms. The van der Waals surface area contributed by atoms with Gasteiger partial charge in [0.15, 0.2) is 0 Å². The smallest absolute Gasteiger partial charge is 0.254 e. The number of carbonyl (C=O) groups is 1. The molecule has 4 atom stereocenters. The van der Waals surface area contributed by atoms with E-state index in [-0.39, 0.29) is 24.1 Å². The molecule has 4 nitrogen and oxygen atoms in total. The second kappa shape index (κ2) is 4.05. The highest BCUT2D eigenvalue weighted by atomic mass is 16.5. The van der Waals surface area contributed by atoms with Crippen molar-refractivity contribution in [2.75, 3.05) is 13.2 Å². The van der Waals surface area contributed by atoms with Crippen molar-refractivity contribution in [3.05, 3.63) is 35.4 Å². The van der Waals surface area contributed by atoms with Gasteiger partial charge in [-0.15, -0.1) is 0 Å². The van der Waals surface area contributed by atoms with Crippen molar-refractivity contribution in [2.24, 2.45) is 11.7 Å². The Labute approximate surface area is 112 Å². The van der Waals surface area contributed by atoms with Gasteiger partial charge in [0.2, 0.25) is 0 Å². The first-order chi connectivity index (χ1) is 9.27. The Bertz CT molecular complexity index is 531. The van der Waals surface area contributed by atoms with Gasteiger partial charge in [0.25, 0.3) is 5.91 Å². The predicted octanol–water partition coefficient (Wildman–Crippen LogP) is 0.799. The van der Waals surface area contributed by atoms with Gasteiger partial charge in [-0.05, 0) is 24.5 Å². The summed E-state index contributed by atoms with van der Waals surface area (Å²) in [4.78, 5) is 14.5. The Morgan fingerprint density at radius 2 is 2.16 bits per heavy atom. The van der Waals surface area contributed by atoms with E-state index in [1.165, 1.54) is 0 Å². The second-order valence-electron chi connectivity index (χ2n) is 5.76. The summed E-state index contributed by atoms with van der Waals surface area (Å²) >= 11 is 0. The molecule has 2 N–H and O–H groups in total. The van der Waals surface area contributed by atoms with Crippen LogP contribution in [-0.4, -0.2) is 42.1 Å². The molecule has 0 aromatic heterocycles. The third-order valence-electron chi connectivity index (χ3n) is 4.90. The van der Waals surface area contributed by atoms with Crippen molar-refractivity contribution in [2.45, 2.75) is 31.0 Å². The fourth-order valence-corrected chi connectivity index (χ4v) is 3.83. The fourth-order valence-electron chi connectivity index (χ4n) is 3.83. The lowest BCUT2D eigenvalue weighted by atomic mass is 9.70. The van der Waals surface area contributed by atoms with Crippen LogP contribution < -0.4 is 5.73 Å². The van der Waals surface area contributed by atoms with Crippen LogP contribution in [0.25, 0.3) is 0 Å². The summed E-state index contributed by atoms with van der Waals surface area (Å²) in [5.74, 6) is 0.575. The maximum absolute atomic E-state index is 12.6. The minimum atomic E-state index is 0.0772. The highest BCUT2D eigenvalue weighted by Gasteiger charge is 2.55. The summed E-state index contributed by atoms with van der Waals surface area (Å²) in [5.41, 5.74) is 8.24. The first-order valence-electron chi connectivity index (χ1n) is 7.03. The molecule has 1 saturated heterocycles. The van der Waals surface area contributed by atoms with E-state index in [2.05, 4.69) is 0 Å². The van der Waals surface area contributed by atoms with E-state index < -0.39 is 0 Å². The lowest BCUT2D eigenvalue weighted by Gasteiger charge is -2.51. The Balaban J connectivity index is 1.63. The highest BCUT2D eigenvalue weighted by molar-refractivity contribution is 5.97. The number of amides is 1. The van der Waals surface area contributed by atoms with Crippen LogP contribution >= 0.6 is 0 Å². The molecule has 0 spiro atoms. The molecule has 1 aromatic rings. The first-order valence-corrected chi connectivity index (χ1v) is 7.03. The summed E-state index contributed by atoms with van der Waals surface area (Å²) in [6.45, 7) is 1.55. The summed E-state index contributed by atoms with van der Waals surface area (Å²) < 4.78 is 5.75. The zero-order valence-corrected chi connectivity index (χ0v) is 10.8. The SMILES string of the molecule is NC1C2CCOC2C1N1CCc2ccccc2C1=O. The molecule has 4 rings (SSSR count). The third kappa shape index (κ3) is 1.50. The van der Waals surface area contributed by atoms with Gasteiger partial charge in [0.05, 0.1) is 12.1 Å². The zero-order chi connectivity index (χ0) is 13.0. The van der Waals surface area contributed by atoms with Gasteiger partial charge < -0.3 is 15.4 Å². The number of carbonyl (C=O) groups excluding carboxylic acids is 1.